The lowest BCUT2D eigenvalue weighted by atomic mass is 10.1. The number of aromatic nitrogens is 3. The monoisotopic (exact) mass is 350 g/mol. The van der Waals surface area contributed by atoms with Crippen LogP contribution in [0.5, 0.6) is 5.75 Å². The smallest absolute Gasteiger partial charge is 0.274 e. The third-order valence-corrected chi connectivity index (χ3v) is 3.68. The minimum Gasteiger partial charge on any atom is -0.493 e. The largest absolute Gasteiger partial charge is 0.493 e. The Bertz CT molecular complexity index is 890. The number of hydrogen-bond donors (Lipinski definition) is 2. The summed E-state index contributed by atoms with van der Waals surface area (Å²) in [7, 11) is 0. The minimum atomic E-state index is -0.247. The Labute approximate surface area is 152 Å². The van der Waals surface area contributed by atoms with Crippen LogP contribution < -0.4 is 15.6 Å². The lowest BCUT2D eigenvalue weighted by Gasteiger charge is -2.10. The number of nitrogens with zero attached hydrogens (tertiary/aromatic N) is 2. The first-order valence-electron chi connectivity index (χ1n) is 8.60. The predicted octanol–water partition coefficient (Wildman–Crippen LogP) is 3.53. The molecule has 0 aliphatic rings. The Hall–Kier alpha value is -3.15. The Morgan fingerprint density at radius 3 is 2.42 bits per heavy atom. The van der Waals surface area contributed by atoms with Crippen molar-refractivity contribution in [3.8, 4) is 5.75 Å². The zero-order chi connectivity index (χ0) is 18.4. The average Bonchev–Trinajstić information content (AvgIpc) is 2.64. The van der Waals surface area contributed by atoms with Gasteiger partial charge in [-0.15, -0.1) is 10.2 Å². The van der Waals surface area contributed by atoms with Crippen LogP contribution in [-0.2, 0) is 6.42 Å². The lowest BCUT2D eigenvalue weighted by Crippen LogP contribution is -2.18. The summed E-state index contributed by atoms with van der Waals surface area (Å²) < 4.78 is 5.65. The normalized spacial score (nSPS) is 10.7. The second-order valence-corrected chi connectivity index (χ2v) is 6.47. The van der Waals surface area contributed by atoms with Gasteiger partial charge in [-0.25, -0.2) is 0 Å². The molecule has 2 aromatic carbocycles. The molecular formula is C20H22N4O2. The van der Waals surface area contributed by atoms with Gasteiger partial charge in [-0.3, -0.25) is 9.78 Å². The molecule has 134 valence electrons. The first-order chi connectivity index (χ1) is 12.6. The Balaban J connectivity index is 1.65. The lowest BCUT2D eigenvalue weighted by molar-refractivity contribution is 0.271. The molecule has 6 nitrogen and oxygen atoms in total. The van der Waals surface area contributed by atoms with Crippen LogP contribution in [0.4, 0.5) is 11.6 Å². The molecule has 2 N–H and O–H groups in total. The molecule has 1 aromatic heterocycles. The van der Waals surface area contributed by atoms with Gasteiger partial charge < -0.3 is 10.1 Å². The molecule has 0 aliphatic carbocycles. The van der Waals surface area contributed by atoms with Gasteiger partial charge in [-0.05, 0) is 35.7 Å². The summed E-state index contributed by atoms with van der Waals surface area (Å²) in [4.78, 5) is 14.9. The summed E-state index contributed by atoms with van der Waals surface area (Å²) in [5.74, 6) is 1.59. The van der Waals surface area contributed by atoms with Crippen molar-refractivity contribution in [3.05, 3.63) is 76.2 Å². The number of anilines is 2. The van der Waals surface area contributed by atoms with E-state index in [0.29, 0.717) is 30.6 Å². The van der Waals surface area contributed by atoms with Crippen molar-refractivity contribution in [2.75, 3.05) is 11.9 Å². The molecule has 3 rings (SSSR count). The van der Waals surface area contributed by atoms with Crippen molar-refractivity contribution < 1.29 is 4.74 Å². The molecular weight excluding hydrogens is 328 g/mol. The molecule has 0 bridgehead atoms. The standard InChI is InChI=1S/C20H22N4O2/c1-14(2)13-26-17-10-8-16(9-11-17)21-20-22-19(25)18(23-24-20)12-15-6-4-3-5-7-15/h3-11,14H,12-13H2,1-2H3,(H2,21,22,24,25). The van der Waals surface area contributed by atoms with Crippen LogP contribution in [0.1, 0.15) is 25.1 Å². The van der Waals surface area contributed by atoms with Gasteiger partial charge in [0, 0.05) is 12.1 Å². The van der Waals surface area contributed by atoms with Crippen LogP contribution in [0, 0.1) is 5.92 Å². The summed E-state index contributed by atoms with van der Waals surface area (Å²) in [6, 6.07) is 17.2. The van der Waals surface area contributed by atoms with Gasteiger partial charge in [0.1, 0.15) is 11.4 Å². The zero-order valence-corrected chi connectivity index (χ0v) is 14.9. The van der Waals surface area contributed by atoms with E-state index in [1.807, 2.05) is 54.6 Å². The van der Waals surface area contributed by atoms with E-state index in [2.05, 4.69) is 34.3 Å². The minimum absolute atomic E-state index is 0.247. The highest BCUT2D eigenvalue weighted by Crippen LogP contribution is 2.18. The van der Waals surface area contributed by atoms with Gasteiger partial charge >= 0.3 is 0 Å². The van der Waals surface area contributed by atoms with Crippen LogP contribution in [-0.4, -0.2) is 21.8 Å². The Morgan fingerprint density at radius 1 is 1.04 bits per heavy atom. The van der Waals surface area contributed by atoms with E-state index in [9.17, 15) is 4.79 Å². The molecule has 26 heavy (non-hydrogen) atoms. The van der Waals surface area contributed by atoms with Gasteiger partial charge in [-0.2, -0.15) is 0 Å². The van der Waals surface area contributed by atoms with Gasteiger partial charge in [0.25, 0.3) is 5.56 Å². The number of rotatable bonds is 7. The van der Waals surface area contributed by atoms with Crippen LogP contribution in [0.3, 0.4) is 0 Å². The number of aromatic amines is 1. The molecule has 0 radical (unpaired) electrons. The maximum absolute atomic E-state index is 12.2. The molecule has 0 fully saturated rings. The Kier molecular flexibility index (Phi) is 5.63. The third kappa shape index (κ3) is 4.92. The van der Waals surface area contributed by atoms with Gasteiger partial charge in [0.05, 0.1) is 6.61 Å². The fourth-order valence-corrected chi connectivity index (χ4v) is 2.36. The van der Waals surface area contributed by atoms with Crippen LogP contribution in [0.25, 0.3) is 0 Å². The molecule has 0 aliphatic heterocycles. The number of H-pyrrole nitrogens is 1. The van der Waals surface area contributed by atoms with Crippen LogP contribution in [0.2, 0.25) is 0 Å². The number of nitrogens with one attached hydrogen (secondary N) is 2. The van der Waals surface area contributed by atoms with E-state index < -0.39 is 0 Å². The van der Waals surface area contributed by atoms with Crippen LogP contribution >= 0.6 is 0 Å². The fraction of sp³-hybridized carbons (Fsp3) is 0.250. The maximum Gasteiger partial charge on any atom is 0.274 e. The van der Waals surface area contributed by atoms with E-state index in [4.69, 9.17) is 4.74 Å². The molecule has 1 heterocycles. The first-order valence-corrected chi connectivity index (χ1v) is 8.60. The topological polar surface area (TPSA) is 79.9 Å². The van der Waals surface area contributed by atoms with Crippen molar-refractivity contribution in [2.45, 2.75) is 20.3 Å². The van der Waals surface area contributed by atoms with Crippen molar-refractivity contribution in [1.82, 2.24) is 15.2 Å². The number of benzene rings is 2. The fourth-order valence-electron chi connectivity index (χ4n) is 2.36. The predicted molar refractivity (Wildman–Crippen MR) is 102 cm³/mol. The molecule has 3 aromatic rings. The SMILES string of the molecule is CC(C)COc1ccc(Nc2nnc(Cc3ccccc3)c(=O)[nH]2)cc1. The van der Waals surface area contributed by atoms with Gasteiger partial charge in [0.2, 0.25) is 5.95 Å². The van der Waals surface area contributed by atoms with Crippen LogP contribution in [0.15, 0.2) is 59.4 Å². The molecule has 0 saturated carbocycles. The van der Waals surface area contributed by atoms with Crippen molar-refractivity contribution in [2.24, 2.45) is 5.92 Å². The second kappa shape index (κ2) is 8.29. The molecule has 0 saturated heterocycles. The highest BCUT2D eigenvalue weighted by atomic mass is 16.5. The van der Waals surface area contributed by atoms with E-state index in [1.165, 1.54) is 0 Å². The summed E-state index contributed by atoms with van der Waals surface area (Å²) in [6.45, 7) is 4.88. The van der Waals surface area contributed by atoms with E-state index in [1.54, 1.807) is 0 Å². The van der Waals surface area contributed by atoms with Gasteiger partial charge in [0.15, 0.2) is 0 Å². The molecule has 0 spiro atoms. The maximum atomic E-state index is 12.2. The highest BCUT2D eigenvalue weighted by Gasteiger charge is 2.06. The quantitative estimate of drug-likeness (QED) is 0.681. The molecule has 6 heteroatoms. The molecule has 0 unspecified atom stereocenters. The molecule has 0 atom stereocenters. The summed E-state index contributed by atoms with van der Waals surface area (Å²) in [5, 5.41) is 11.2. The number of ether oxygens (including phenoxy) is 1. The summed E-state index contributed by atoms with van der Waals surface area (Å²) in [5.41, 5.74) is 1.95. The van der Waals surface area contributed by atoms with E-state index in [-0.39, 0.29) is 5.56 Å². The van der Waals surface area contributed by atoms with E-state index >= 15 is 0 Å². The van der Waals surface area contributed by atoms with Crippen molar-refractivity contribution in [3.63, 3.8) is 0 Å². The van der Waals surface area contributed by atoms with E-state index in [0.717, 1.165) is 17.0 Å². The third-order valence-electron chi connectivity index (χ3n) is 3.68. The van der Waals surface area contributed by atoms with Gasteiger partial charge in [-0.1, -0.05) is 44.2 Å². The van der Waals surface area contributed by atoms with Crippen molar-refractivity contribution >= 4 is 11.6 Å². The Morgan fingerprint density at radius 2 is 1.77 bits per heavy atom. The first kappa shape index (κ1) is 17.7. The molecule has 0 amide bonds. The zero-order valence-electron chi connectivity index (χ0n) is 14.9. The highest BCUT2D eigenvalue weighted by molar-refractivity contribution is 5.54. The average molecular weight is 350 g/mol. The van der Waals surface area contributed by atoms with Crippen molar-refractivity contribution in [1.29, 1.82) is 0 Å². The number of hydrogen-bond acceptors (Lipinski definition) is 5. The second-order valence-electron chi connectivity index (χ2n) is 6.47. The summed E-state index contributed by atoms with van der Waals surface area (Å²) in [6.07, 6.45) is 0.450. The summed E-state index contributed by atoms with van der Waals surface area (Å²) >= 11 is 0.